The summed E-state index contributed by atoms with van der Waals surface area (Å²) >= 11 is 0. The number of rotatable bonds is 4. The van der Waals surface area contributed by atoms with Crippen LogP contribution in [-0.4, -0.2) is 81.6 Å². The number of carbonyl (C=O) groups excluding carboxylic acids is 2. The highest BCUT2D eigenvalue weighted by molar-refractivity contribution is 6.23. The number of imide groups is 1. The van der Waals surface area contributed by atoms with Crippen molar-refractivity contribution < 1.29 is 14.2 Å². The zero-order valence-corrected chi connectivity index (χ0v) is 15.0. The van der Waals surface area contributed by atoms with Crippen LogP contribution in [0.1, 0.15) is 34.1 Å². The quantitative estimate of drug-likeness (QED) is 0.714. The van der Waals surface area contributed by atoms with Crippen LogP contribution in [0.4, 0.5) is 4.79 Å². The van der Waals surface area contributed by atoms with Crippen LogP contribution in [0.3, 0.4) is 0 Å². The lowest BCUT2D eigenvalue weighted by atomic mass is 10.1. The number of fused-ring (bicyclic) bond motifs is 2. The molecule has 0 aromatic rings. The van der Waals surface area contributed by atoms with Crippen LogP contribution in [0.15, 0.2) is 10.1 Å². The van der Waals surface area contributed by atoms with Gasteiger partial charge < -0.3 is 0 Å². The van der Waals surface area contributed by atoms with E-state index in [1.54, 1.807) is 12.1 Å². The normalized spacial score (nSPS) is 23.8. The maximum absolute atomic E-state index is 13.0. The lowest BCUT2D eigenvalue weighted by Gasteiger charge is -2.34. The number of guanidine groups is 1. The van der Waals surface area contributed by atoms with Gasteiger partial charge in [0.2, 0.25) is 11.9 Å². The number of nitrogens with zero attached hydrogens (tertiary/aromatic N) is 6. The molecule has 1 atom stereocenters. The number of carbonyl (C=O) groups is 2. The first kappa shape index (κ1) is 16.6. The van der Waals surface area contributed by atoms with Gasteiger partial charge in [-0.15, -0.1) is 10.1 Å². The van der Waals surface area contributed by atoms with Crippen molar-refractivity contribution in [2.45, 2.75) is 40.2 Å². The third-order valence-electron chi connectivity index (χ3n) is 4.54. The fraction of sp³-hybridized carbons (Fsp3) is 0.688. The van der Waals surface area contributed by atoms with Gasteiger partial charge in [-0.3, -0.25) is 14.6 Å². The SMILES string of the molecule is CCN1N=C(C)C[N+]2=C1N=C1C2C(=O)N(CCC(C)C)C(=O)N1C. The summed E-state index contributed by atoms with van der Waals surface area (Å²) in [5, 5.41) is 6.27. The van der Waals surface area contributed by atoms with Gasteiger partial charge in [-0.25, -0.2) is 9.37 Å². The molecule has 0 radical (unpaired) electrons. The molecule has 0 spiro atoms. The Kier molecular flexibility index (Phi) is 4.15. The minimum absolute atomic E-state index is 0.182. The molecule has 3 heterocycles. The van der Waals surface area contributed by atoms with E-state index in [1.165, 1.54) is 9.80 Å². The van der Waals surface area contributed by atoms with E-state index in [1.807, 2.05) is 18.4 Å². The topological polar surface area (TPSA) is 71.6 Å². The van der Waals surface area contributed by atoms with E-state index in [0.717, 1.165) is 12.1 Å². The van der Waals surface area contributed by atoms with Gasteiger partial charge in [-0.2, -0.15) is 0 Å². The molecule has 1 fully saturated rings. The molecule has 0 N–H and O–H groups in total. The minimum atomic E-state index is -0.533. The highest BCUT2D eigenvalue weighted by Crippen LogP contribution is 2.23. The number of hydrazone groups is 1. The predicted octanol–water partition coefficient (Wildman–Crippen LogP) is 0.787. The summed E-state index contributed by atoms with van der Waals surface area (Å²) in [6, 6.07) is -0.828. The summed E-state index contributed by atoms with van der Waals surface area (Å²) in [6.07, 6.45) is 0.794. The molecule has 1 saturated heterocycles. The number of amides is 3. The summed E-state index contributed by atoms with van der Waals surface area (Å²) in [5.74, 6) is 1.40. The van der Waals surface area contributed by atoms with E-state index in [9.17, 15) is 9.59 Å². The third-order valence-corrected chi connectivity index (χ3v) is 4.54. The predicted molar refractivity (Wildman–Crippen MR) is 91.2 cm³/mol. The fourth-order valence-electron chi connectivity index (χ4n) is 3.21. The molecular weight excluding hydrogens is 308 g/mol. The second-order valence-electron chi connectivity index (χ2n) is 6.87. The van der Waals surface area contributed by atoms with Crippen molar-refractivity contribution in [2.75, 3.05) is 26.7 Å². The smallest absolute Gasteiger partial charge is 0.270 e. The molecule has 0 aromatic carbocycles. The van der Waals surface area contributed by atoms with Crippen molar-refractivity contribution in [1.29, 1.82) is 0 Å². The largest absolute Gasteiger partial charge is 0.416 e. The summed E-state index contributed by atoms with van der Waals surface area (Å²) in [5.41, 5.74) is 0.929. The maximum atomic E-state index is 13.0. The second-order valence-corrected chi connectivity index (χ2v) is 6.87. The zero-order chi connectivity index (χ0) is 17.6. The zero-order valence-electron chi connectivity index (χ0n) is 15.0. The number of hydrogen-bond acceptors (Lipinski definition) is 5. The molecule has 0 aromatic heterocycles. The molecule has 130 valence electrons. The number of amidine groups is 1. The molecular formula is C16H25N6O2+. The summed E-state index contributed by atoms with van der Waals surface area (Å²) in [7, 11) is 1.69. The molecule has 24 heavy (non-hydrogen) atoms. The monoisotopic (exact) mass is 333 g/mol. The summed E-state index contributed by atoms with van der Waals surface area (Å²) in [6.45, 7) is 9.75. The molecule has 8 nitrogen and oxygen atoms in total. The summed E-state index contributed by atoms with van der Waals surface area (Å²) in [4.78, 5) is 33.0. The van der Waals surface area contributed by atoms with E-state index in [-0.39, 0.29) is 11.9 Å². The highest BCUT2D eigenvalue weighted by atomic mass is 16.2. The van der Waals surface area contributed by atoms with Crippen LogP contribution in [0.5, 0.6) is 0 Å². The van der Waals surface area contributed by atoms with Crippen LogP contribution in [-0.2, 0) is 4.79 Å². The Morgan fingerprint density at radius 3 is 2.67 bits per heavy atom. The van der Waals surface area contributed by atoms with Gasteiger partial charge >= 0.3 is 12.0 Å². The van der Waals surface area contributed by atoms with Gasteiger partial charge in [0.1, 0.15) is 6.54 Å². The van der Waals surface area contributed by atoms with Gasteiger partial charge in [0.15, 0.2) is 0 Å². The van der Waals surface area contributed by atoms with E-state index < -0.39 is 6.04 Å². The molecule has 8 heteroatoms. The molecule has 0 aliphatic carbocycles. The third kappa shape index (κ3) is 2.50. The Labute approximate surface area is 142 Å². The molecule has 0 saturated carbocycles. The van der Waals surface area contributed by atoms with Gasteiger partial charge in [0, 0.05) is 13.6 Å². The molecule has 3 aliphatic rings. The maximum Gasteiger partial charge on any atom is 0.416 e. The van der Waals surface area contributed by atoms with Crippen LogP contribution in [0, 0.1) is 5.92 Å². The number of hydrogen-bond donors (Lipinski definition) is 0. The molecule has 0 bridgehead atoms. The number of urea groups is 1. The van der Waals surface area contributed by atoms with Gasteiger partial charge in [0.25, 0.3) is 5.91 Å². The standard InChI is InChI=1S/C16H25N6O2/c1-6-22-15-17-13-12(21(15)9-11(4)18-22)14(23)20(8-7-10(2)3)16(24)19(13)5/h10,12H,6-9H2,1-5H3/q+1. The Balaban J connectivity index is 1.95. The second kappa shape index (κ2) is 5.99. The Bertz CT molecular complexity index is 678. The lowest BCUT2D eigenvalue weighted by Crippen LogP contribution is -2.63. The van der Waals surface area contributed by atoms with E-state index in [4.69, 9.17) is 0 Å². The molecule has 3 rings (SSSR count). The first-order chi connectivity index (χ1) is 11.3. The van der Waals surface area contributed by atoms with Crippen LogP contribution >= 0.6 is 0 Å². The average Bonchev–Trinajstić information content (AvgIpc) is 2.91. The fourth-order valence-corrected chi connectivity index (χ4v) is 3.21. The van der Waals surface area contributed by atoms with E-state index >= 15 is 0 Å². The van der Waals surface area contributed by atoms with Gasteiger partial charge in [-0.05, 0) is 26.2 Å². The van der Waals surface area contributed by atoms with Crippen LogP contribution < -0.4 is 0 Å². The van der Waals surface area contributed by atoms with Crippen molar-refractivity contribution in [3.63, 3.8) is 0 Å². The van der Waals surface area contributed by atoms with E-state index in [0.29, 0.717) is 37.3 Å². The molecule has 3 aliphatic heterocycles. The number of aliphatic imine (C=N–C) groups is 1. The van der Waals surface area contributed by atoms with Crippen molar-refractivity contribution in [3.05, 3.63) is 0 Å². The van der Waals surface area contributed by atoms with Gasteiger partial charge in [0.05, 0.1) is 12.3 Å². The van der Waals surface area contributed by atoms with Crippen LogP contribution in [0.2, 0.25) is 0 Å². The van der Waals surface area contributed by atoms with E-state index in [2.05, 4.69) is 23.9 Å². The molecule has 3 amide bonds. The van der Waals surface area contributed by atoms with Crippen LogP contribution in [0.25, 0.3) is 0 Å². The Morgan fingerprint density at radius 1 is 1.33 bits per heavy atom. The van der Waals surface area contributed by atoms with Gasteiger partial charge in [-0.1, -0.05) is 18.8 Å². The highest BCUT2D eigenvalue weighted by Gasteiger charge is 2.54. The van der Waals surface area contributed by atoms with Crippen molar-refractivity contribution in [3.8, 4) is 0 Å². The minimum Gasteiger partial charge on any atom is -0.270 e. The van der Waals surface area contributed by atoms with Crippen molar-refractivity contribution in [1.82, 2.24) is 14.8 Å². The number of likely N-dealkylation sites (N-methyl/N-ethyl adjacent to an activating group) is 1. The summed E-state index contributed by atoms with van der Waals surface area (Å²) < 4.78 is 1.95. The Hall–Kier alpha value is -2.25. The first-order valence-corrected chi connectivity index (χ1v) is 8.48. The molecule has 1 unspecified atom stereocenters. The van der Waals surface area contributed by atoms with Crippen molar-refractivity contribution in [2.24, 2.45) is 16.0 Å². The first-order valence-electron chi connectivity index (χ1n) is 8.48. The van der Waals surface area contributed by atoms with Crippen molar-refractivity contribution >= 4 is 29.4 Å². The lowest BCUT2D eigenvalue weighted by molar-refractivity contribution is -0.527. The average molecular weight is 333 g/mol. The Morgan fingerprint density at radius 2 is 2.04 bits per heavy atom.